The third-order valence-corrected chi connectivity index (χ3v) is 5.49. The summed E-state index contributed by atoms with van der Waals surface area (Å²) < 4.78 is 0. The lowest BCUT2D eigenvalue weighted by molar-refractivity contribution is -0.136. The van der Waals surface area contributed by atoms with E-state index < -0.39 is 0 Å². The Morgan fingerprint density at radius 1 is 1.00 bits per heavy atom. The van der Waals surface area contributed by atoms with Crippen molar-refractivity contribution in [2.75, 3.05) is 0 Å². The molecule has 0 aromatic carbocycles. The van der Waals surface area contributed by atoms with E-state index >= 15 is 0 Å². The molecule has 0 N–H and O–H groups in total. The topological polar surface area (TPSA) is 17.1 Å². The Balaban J connectivity index is 2.29. The van der Waals surface area contributed by atoms with Gasteiger partial charge in [0.15, 0.2) is 0 Å². The van der Waals surface area contributed by atoms with E-state index in [0.717, 1.165) is 18.8 Å². The smallest absolute Gasteiger partial charge is 0.136 e. The van der Waals surface area contributed by atoms with Crippen LogP contribution in [0.4, 0.5) is 0 Å². The van der Waals surface area contributed by atoms with Gasteiger partial charge in [-0.1, -0.05) is 34.6 Å². The second-order valence-corrected chi connectivity index (χ2v) is 7.50. The van der Waals surface area contributed by atoms with Gasteiger partial charge in [-0.05, 0) is 41.9 Å². The van der Waals surface area contributed by atoms with Gasteiger partial charge in [0.25, 0.3) is 0 Å². The lowest BCUT2D eigenvalue weighted by Crippen LogP contribution is -2.49. The van der Waals surface area contributed by atoms with Gasteiger partial charge in [0.1, 0.15) is 5.78 Å². The number of ketones is 1. The number of hydrogen-bond donors (Lipinski definition) is 0. The minimum Gasteiger partial charge on any atom is -0.299 e. The van der Waals surface area contributed by atoms with Crippen molar-refractivity contribution in [3.63, 3.8) is 0 Å². The molecule has 0 amide bonds. The molecule has 0 aliphatic heterocycles. The Morgan fingerprint density at radius 3 is 2.06 bits per heavy atom. The number of hydrogen-bond acceptors (Lipinski definition) is 1. The normalized spacial score (nSPS) is 41.6. The van der Waals surface area contributed by atoms with Gasteiger partial charge in [-0.15, -0.1) is 0 Å². The third-order valence-electron chi connectivity index (χ3n) is 5.49. The first-order valence-electron chi connectivity index (χ1n) is 6.77. The van der Waals surface area contributed by atoms with Crippen molar-refractivity contribution in [2.45, 2.75) is 60.3 Å². The summed E-state index contributed by atoms with van der Waals surface area (Å²) in [5, 5.41) is 0. The van der Waals surface area contributed by atoms with E-state index in [9.17, 15) is 4.79 Å². The molecule has 2 fully saturated rings. The zero-order valence-corrected chi connectivity index (χ0v) is 11.5. The van der Waals surface area contributed by atoms with Crippen LogP contribution in [0, 0.1) is 28.6 Å². The van der Waals surface area contributed by atoms with Crippen LogP contribution in [0.25, 0.3) is 0 Å². The summed E-state index contributed by atoms with van der Waals surface area (Å²) in [6.45, 7) is 11.7. The third kappa shape index (κ3) is 1.83. The average molecular weight is 222 g/mol. The Bertz CT molecular complexity index is 301. The molecular weight excluding hydrogens is 196 g/mol. The van der Waals surface area contributed by atoms with E-state index in [-0.39, 0.29) is 0 Å². The summed E-state index contributed by atoms with van der Waals surface area (Å²) in [6.07, 6.45) is 4.56. The van der Waals surface area contributed by atoms with Gasteiger partial charge in [-0.25, -0.2) is 0 Å². The van der Waals surface area contributed by atoms with Crippen LogP contribution in [0.5, 0.6) is 0 Å². The molecule has 0 aromatic rings. The standard InChI is InChI=1S/C15H26O/c1-10-8-11-12(9-13(10)16)15(4,5)7-6-14(11,2)3/h10-12H,6-9H2,1-5H3/t10-,11-,12-/m1/s1. The van der Waals surface area contributed by atoms with Crippen LogP contribution in [-0.2, 0) is 4.79 Å². The highest BCUT2D eigenvalue weighted by atomic mass is 16.1. The Labute approximate surface area is 100.0 Å². The number of carbonyl (C=O) groups is 1. The second-order valence-electron chi connectivity index (χ2n) is 7.50. The molecule has 1 nitrogen and oxygen atoms in total. The van der Waals surface area contributed by atoms with Gasteiger partial charge in [0.2, 0.25) is 0 Å². The first-order chi connectivity index (χ1) is 7.24. The van der Waals surface area contributed by atoms with E-state index in [1.807, 2.05) is 0 Å². The Kier molecular flexibility index (Phi) is 2.72. The molecule has 2 rings (SSSR count). The minimum absolute atomic E-state index is 0.300. The molecule has 2 aliphatic carbocycles. The van der Waals surface area contributed by atoms with Crippen molar-refractivity contribution < 1.29 is 4.79 Å². The van der Waals surface area contributed by atoms with Crippen molar-refractivity contribution in [3.05, 3.63) is 0 Å². The first-order valence-corrected chi connectivity index (χ1v) is 6.77. The van der Waals surface area contributed by atoms with E-state index in [0.29, 0.717) is 28.4 Å². The number of carbonyl (C=O) groups excluding carboxylic acids is 1. The van der Waals surface area contributed by atoms with E-state index in [1.165, 1.54) is 12.8 Å². The molecule has 92 valence electrons. The molecule has 0 aromatic heterocycles. The highest BCUT2D eigenvalue weighted by Gasteiger charge is 2.51. The van der Waals surface area contributed by atoms with Crippen molar-refractivity contribution in [2.24, 2.45) is 28.6 Å². The molecule has 0 spiro atoms. The summed E-state index contributed by atoms with van der Waals surface area (Å²) >= 11 is 0. The van der Waals surface area contributed by atoms with Crippen LogP contribution in [-0.4, -0.2) is 5.78 Å². The molecule has 0 saturated heterocycles. The fourth-order valence-corrected chi connectivity index (χ4v) is 3.94. The molecule has 2 saturated carbocycles. The molecule has 0 bridgehead atoms. The summed E-state index contributed by atoms with van der Waals surface area (Å²) in [5.41, 5.74) is 0.811. The van der Waals surface area contributed by atoms with Crippen molar-refractivity contribution in [1.29, 1.82) is 0 Å². The highest BCUT2D eigenvalue weighted by molar-refractivity contribution is 5.81. The zero-order valence-electron chi connectivity index (χ0n) is 11.5. The molecule has 1 heteroatoms. The molecule has 0 unspecified atom stereocenters. The molecule has 2 aliphatic rings. The van der Waals surface area contributed by atoms with Gasteiger partial charge >= 0.3 is 0 Å². The number of Topliss-reactive ketones (excluding diaryl/α,β-unsaturated/α-hetero) is 1. The Morgan fingerprint density at radius 2 is 1.50 bits per heavy atom. The monoisotopic (exact) mass is 222 g/mol. The predicted octanol–water partition coefficient (Wildman–Crippen LogP) is 4.06. The van der Waals surface area contributed by atoms with Gasteiger partial charge in [-0.2, -0.15) is 0 Å². The number of rotatable bonds is 0. The predicted molar refractivity (Wildman–Crippen MR) is 67.2 cm³/mol. The summed E-state index contributed by atoms with van der Waals surface area (Å²) in [6, 6.07) is 0. The van der Waals surface area contributed by atoms with Crippen LogP contribution in [0.2, 0.25) is 0 Å². The largest absolute Gasteiger partial charge is 0.299 e. The van der Waals surface area contributed by atoms with Gasteiger partial charge in [0.05, 0.1) is 0 Å². The maximum Gasteiger partial charge on any atom is 0.136 e. The summed E-state index contributed by atoms with van der Waals surface area (Å²) in [7, 11) is 0. The lowest BCUT2D eigenvalue weighted by Gasteiger charge is -2.55. The van der Waals surface area contributed by atoms with Crippen molar-refractivity contribution >= 4 is 5.78 Å². The van der Waals surface area contributed by atoms with Gasteiger partial charge in [0, 0.05) is 12.3 Å². The molecule has 3 atom stereocenters. The van der Waals surface area contributed by atoms with E-state index in [1.54, 1.807) is 0 Å². The van der Waals surface area contributed by atoms with E-state index in [4.69, 9.17) is 0 Å². The molecular formula is C15H26O. The summed E-state index contributed by atoms with van der Waals surface area (Å²) in [4.78, 5) is 11.9. The quantitative estimate of drug-likeness (QED) is 0.604. The molecule has 0 radical (unpaired) electrons. The zero-order chi connectivity index (χ0) is 12.1. The van der Waals surface area contributed by atoms with Crippen LogP contribution in [0.3, 0.4) is 0 Å². The average Bonchev–Trinajstić information content (AvgIpc) is 2.17. The lowest BCUT2D eigenvalue weighted by atomic mass is 9.50. The minimum atomic E-state index is 0.300. The van der Waals surface area contributed by atoms with Gasteiger partial charge in [-0.3, -0.25) is 4.79 Å². The maximum absolute atomic E-state index is 11.9. The van der Waals surface area contributed by atoms with Crippen LogP contribution in [0.15, 0.2) is 0 Å². The molecule has 16 heavy (non-hydrogen) atoms. The second kappa shape index (κ2) is 3.58. The number of fused-ring (bicyclic) bond motifs is 1. The van der Waals surface area contributed by atoms with Gasteiger partial charge < -0.3 is 0 Å². The fraction of sp³-hybridized carbons (Fsp3) is 0.933. The first kappa shape index (κ1) is 12.1. The van der Waals surface area contributed by atoms with Crippen molar-refractivity contribution in [3.8, 4) is 0 Å². The SMILES string of the molecule is C[C@@H]1C[C@@H]2[C@@H](CC1=O)C(C)(C)CCC2(C)C. The van der Waals surface area contributed by atoms with Crippen molar-refractivity contribution in [1.82, 2.24) is 0 Å². The van der Waals surface area contributed by atoms with E-state index in [2.05, 4.69) is 34.6 Å². The van der Waals surface area contributed by atoms with Crippen LogP contribution >= 0.6 is 0 Å². The fourth-order valence-electron chi connectivity index (χ4n) is 3.94. The maximum atomic E-state index is 11.9. The summed E-state index contributed by atoms with van der Waals surface area (Å²) in [5.74, 6) is 2.19. The molecule has 0 heterocycles. The van der Waals surface area contributed by atoms with Crippen LogP contribution in [0.1, 0.15) is 60.3 Å². The van der Waals surface area contributed by atoms with Crippen LogP contribution < -0.4 is 0 Å². The highest BCUT2D eigenvalue weighted by Crippen LogP contribution is 2.57. The Hall–Kier alpha value is -0.330.